The number of hydrogen-bond acceptors (Lipinski definition) is 4. The van der Waals surface area contributed by atoms with E-state index in [0.29, 0.717) is 11.5 Å². The molecule has 0 aromatic carbocycles. The Morgan fingerprint density at radius 3 is 3.25 bits per heavy atom. The van der Waals surface area contributed by atoms with Gasteiger partial charge in [0.1, 0.15) is 5.82 Å². The summed E-state index contributed by atoms with van der Waals surface area (Å²) in [5, 5.41) is 13.4. The van der Waals surface area contributed by atoms with E-state index in [1.165, 1.54) is 4.52 Å². The van der Waals surface area contributed by atoms with Crippen LogP contribution in [0.1, 0.15) is 13.3 Å². The average Bonchev–Trinajstić information content (AvgIpc) is 2.61. The smallest absolute Gasteiger partial charge is 0.364 e. The van der Waals surface area contributed by atoms with Crippen LogP contribution in [0.4, 0.5) is 5.82 Å². The molecule has 2 rings (SSSR count). The fourth-order valence-corrected chi connectivity index (χ4v) is 1.44. The monoisotopic (exact) mass is 219 g/mol. The number of H-pyrrole nitrogens is 1. The summed E-state index contributed by atoms with van der Waals surface area (Å²) in [5.74, 6) is 0.644. The number of fused-ring (bicyclic) bond motifs is 1. The average molecular weight is 219 g/mol. The Morgan fingerprint density at radius 2 is 2.50 bits per heavy atom. The second kappa shape index (κ2) is 4.18. The van der Waals surface area contributed by atoms with Crippen molar-refractivity contribution in [2.75, 3.05) is 5.32 Å². The van der Waals surface area contributed by atoms with Crippen LogP contribution >= 0.6 is 0 Å². The molecule has 0 spiro atoms. The van der Waals surface area contributed by atoms with Crippen molar-refractivity contribution >= 4 is 11.5 Å². The molecule has 0 aliphatic rings. The Kier molecular flexibility index (Phi) is 2.72. The van der Waals surface area contributed by atoms with E-state index >= 15 is 0 Å². The van der Waals surface area contributed by atoms with Crippen molar-refractivity contribution in [1.29, 1.82) is 0 Å². The van der Waals surface area contributed by atoms with Gasteiger partial charge in [0.05, 0.1) is 0 Å². The molecule has 0 saturated carbocycles. The molecule has 84 valence electrons. The van der Waals surface area contributed by atoms with Crippen LogP contribution in [0.2, 0.25) is 0 Å². The van der Waals surface area contributed by atoms with Crippen LogP contribution in [-0.2, 0) is 0 Å². The lowest BCUT2D eigenvalue weighted by Gasteiger charge is -2.11. The number of rotatable bonds is 4. The molecule has 0 aliphatic carbocycles. The first kappa shape index (κ1) is 10.4. The molecule has 6 heteroatoms. The molecule has 1 unspecified atom stereocenters. The summed E-state index contributed by atoms with van der Waals surface area (Å²) >= 11 is 0. The summed E-state index contributed by atoms with van der Waals surface area (Å²) in [4.78, 5) is 11.3. The van der Waals surface area contributed by atoms with Crippen molar-refractivity contribution in [3.63, 3.8) is 0 Å². The highest BCUT2D eigenvalue weighted by molar-refractivity contribution is 5.43. The van der Waals surface area contributed by atoms with Crippen LogP contribution in [0.15, 0.2) is 29.6 Å². The molecule has 2 aromatic heterocycles. The Morgan fingerprint density at radius 1 is 1.69 bits per heavy atom. The van der Waals surface area contributed by atoms with Gasteiger partial charge in [-0.05, 0) is 25.5 Å². The van der Waals surface area contributed by atoms with Crippen LogP contribution in [0.3, 0.4) is 0 Å². The molecule has 0 saturated heterocycles. The van der Waals surface area contributed by atoms with Crippen LogP contribution in [-0.4, -0.2) is 25.9 Å². The summed E-state index contributed by atoms with van der Waals surface area (Å²) in [7, 11) is 0. The second-order valence-electron chi connectivity index (χ2n) is 3.59. The molecule has 6 nitrogen and oxygen atoms in total. The molecule has 1 atom stereocenters. The maximum atomic E-state index is 11.3. The Labute approximate surface area is 92.0 Å². The highest BCUT2D eigenvalue weighted by Crippen LogP contribution is 2.06. The summed E-state index contributed by atoms with van der Waals surface area (Å²) < 4.78 is 1.23. The van der Waals surface area contributed by atoms with Crippen molar-refractivity contribution < 1.29 is 0 Å². The van der Waals surface area contributed by atoms with Gasteiger partial charge in [-0.2, -0.15) is 9.61 Å². The maximum Gasteiger partial charge on any atom is 0.364 e. The number of aromatic amines is 1. The Bertz CT molecular complexity index is 556. The lowest BCUT2D eigenvalue weighted by Crippen LogP contribution is -2.18. The lowest BCUT2D eigenvalue weighted by molar-refractivity contribution is 0.789. The third-order valence-electron chi connectivity index (χ3n) is 2.19. The molecule has 2 aromatic rings. The zero-order valence-electron chi connectivity index (χ0n) is 8.97. The van der Waals surface area contributed by atoms with E-state index in [1.54, 1.807) is 12.1 Å². The van der Waals surface area contributed by atoms with Crippen LogP contribution in [0, 0.1) is 0 Å². The van der Waals surface area contributed by atoms with Gasteiger partial charge in [-0.3, -0.25) is 0 Å². The van der Waals surface area contributed by atoms with Crippen molar-refractivity contribution in [3.8, 4) is 0 Å². The molecule has 0 fully saturated rings. The van der Waals surface area contributed by atoms with E-state index < -0.39 is 0 Å². The van der Waals surface area contributed by atoms with Crippen molar-refractivity contribution in [2.45, 2.75) is 19.4 Å². The van der Waals surface area contributed by atoms with Crippen LogP contribution < -0.4 is 11.0 Å². The molecule has 0 bridgehead atoms. The molecular formula is C10H13N5O. The van der Waals surface area contributed by atoms with Crippen molar-refractivity contribution in [1.82, 2.24) is 19.8 Å². The summed E-state index contributed by atoms with van der Waals surface area (Å²) in [5.41, 5.74) is 0.168. The molecular weight excluding hydrogens is 206 g/mol. The minimum Gasteiger partial charge on any atom is -0.366 e. The van der Waals surface area contributed by atoms with Gasteiger partial charge in [0, 0.05) is 6.04 Å². The van der Waals surface area contributed by atoms with Gasteiger partial charge in [-0.1, -0.05) is 6.08 Å². The molecule has 2 heterocycles. The highest BCUT2D eigenvalue weighted by atomic mass is 16.2. The maximum absolute atomic E-state index is 11.3. The quantitative estimate of drug-likeness (QED) is 0.746. The van der Waals surface area contributed by atoms with Gasteiger partial charge in [-0.25, -0.2) is 9.89 Å². The van der Waals surface area contributed by atoms with E-state index in [4.69, 9.17) is 0 Å². The SMILES string of the molecule is C=CCC(C)Nc1ccc2n[nH]c(=O)n2n1. The van der Waals surface area contributed by atoms with Gasteiger partial charge in [0.2, 0.25) is 0 Å². The number of aromatic nitrogens is 4. The molecule has 0 aliphatic heterocycles. The summed E-state index contributed by atoms with van der Waals surface area (Å²) in [6, 6.07) is 3.74. The third kappa shape index (κ3) is 1.95. The van der Waals surface area contributed by atoms with Crippen molar-refractivity contribution in [3.05, 3.63) is 35.3 Å². The first-order valence-electron chi connectivity index (χ1n) is 5.02. The third-order valence-corrected chi connectivity index (χ3v) is 2.19. The Hall–Kier alpha value is -2.11. The number of anilines is 1. The zero-order valence-corrected chi connectivity index (χ0v) is 8.97. The number of nitrogens with one attached hydrogen (secondary N) is 2. The van der Waals surface area contributed by atoms with E-state index in [9.17, 15) is 4.79 Å². The lowest BCUT2D eigenvalue weighted by atomic mass is 10.2. The number of nitrogens with zero attached hydrogens (tertiary/aromatic N) is 3. The van der Waals surface area contributed by atoms with Gasteiger partial charge >= 0.3 is 5.69 Å². The summed E-state index contributed by atoms with van der Waals surface area (Å²) in [6.45, 7) is 5.69. The Balaban J connectivity index is 2.28. The van der Waals surface area contributed by atoms with Gasteiger partial charge in [-0.15, -0.1) is 11.7 Å². The predicted octanol–water partition coefficient (Wildman–Crippen LogP) is 0.794. The van der Waals surface area contributed by atoms with Crippen LogP contribution in [0.5, 0.6) is 0 Å². The van der Waals surface area contributed by atoms with E-state index in [1.807, 2.05) is 13.0 Å². The van der Waals surface area contributed by atoms with Crippen LogP contribution in [0.25, 0.3) is 5.65 Å². The number of hydrogen-bond donors (Lipinski definition) is 2. The molecule has 2 N–H and O–H groups in total. The predicted molar refractivity (Wildman–Crippen MR) is 61.5 cm³/mol. The minimum absolute atomic E-state index is 0.227. The highest BCUT2D eigenvalue weighted by Gasteiger charge is 2.04. The van der Waals surface area contributed by atoms with Gasteiger partial charge in [0.25, 0.3) is 0 Å². The fraction of sp³-hybridized carbons (Fsp3) is 0.300. The normalized spacial score (nSPS) is 12.6. The second-order valence-corrected chi connectivity index (χ2v) is 3.59. The first-order valence-corrected chi connectivity index (χ1v) is 5.02. The molecule has 0 amide bonds. The summed E-state index contributed by atoms with van der Waals surface area (Å²) in [6.07, 6.45) is 2.67. The molecule has 0 radical (unpaired) electrons. The molecule has 16 heavy (non-hydrogen) atoms. The largest absolute Gasteiger partial charge is 0.366 e. The van der Waals surface area contributed by atoms with Crippen molar-refractivity contribution in [2.24, 2.45) is 0 Å². The van der Waals surface area contributed by atoms with E-state index in [2.05, 4.69) is 27.2 Å². The zero-order chi connectivity index (χ0) is 11.5. The standard InChI is InChI=1S/C10H13N5O/c1-3-4-7(2)11-8-5-6-9-12-13-10(16)15(9)14-8/h3,5-7H,1,4H2,2H3,(H,11,14)(H,13,16). The fourth-order valence-electron chi connectivity index (χ4n) is 1.44. The van der Waals surface area contributed by atoms with Gasteiger partial charge < -0.3 is 5.32 Å². The van der Waals surface area contributed by atoms with E-state index in [0.717, 1.165) is 6.42 Å². The van der Waals surface area contributed by atoms with E-state index in [-0.39, 0.29) is 11.7 Å². The topological polar surface area (TPSA) is 75.1 Å². The first-order chi connectivity index (χ1) is 7.70. The van der Waals surface area contributed by atoms with Gasteiger partial charge in [0.15, 0.2) is 5.65 Å². The minimum atomic E-state index is -0.338.